The van der Waals surface area contributed by atoms with E-state index in [1.165, 1.54) is 0 Å². The van der Waals surface area contributed by atoms with E-state index in [4.69, 9.17) is 11.6 Å². The molecular weight excluding hydrogens is 440 g/mol. The molecule has 0 saturated carbocycles. The molecule has 1 fully saturated rings. The van der Waals surface area contributed by atoms with E-state index in [1.54, 1.807) is 11.0 Å². The van der Waals surface area contributed by atoms with Gasteiger partial charge in [0.2, 0.25) is 11.8 Å². The van der Waals surface area contributed by atoms with E-state index < -0.39 is 5.92 Å². The molecular formula is C22H18BrClN2O2. The minimum atomic E-state index is -0.409. The molecule has 28 heavy (non-hydrogen) atoms. The summed E-state index contributed by atoms with van der Waals surface area (Å²) in [5.74, 6) is -0.618. The van der Waals surface area contributed by atoms with E-state index in [1.807, 2.05) is 55.5 Å². The minimum absolute atomic E-state index is 0.0398. The molecule has 1 saturated heterocycles. The Morgan fingerprint density at radius 1 is 1.14 bits per heavy atom. The van der Waals surface area contributed by atoms with E-state index >= 15 is 0 Å². The fourth-order valence-corrected chi connectivity index (χ4v) is 4.18. The summed E-state index contributed by atoms with van der Waals surface area (Å²) >= 11 is 9.63. The number of nitrogens with zero attached hydrogens (tertiary/aromatic N) is 1. The summed E-state index contributed by atoms with van der Waals surface area (Å²) in [4.78, 5) is 27.2. The Morgan fingerprint density at radius 2 is 1.89 bits per heavy atom. The first-order chi connectivity index (χ1) is 13.5. The summed E-state index contributed by atoms with van der Waals surface area (Å²) in [6.45, 7) is 2.22. The highest BCUT2D eigenvalue weighted by atomic mass is 79.9. The largest absolute Gasteiger partial charge is 0.325 e. The van der Waals surface area contributed by atoms with Crippen LogP contribution in [0, 0.1) is 12.8 Å². The number of halogens is 2. The zero-order chi connectivity index (χ0) is 19.8. The number of carbonyl (C=O) groups excluding carboxylic acids is 2. The van der Waals surface area contributed by atoms with Gasteiger partial charge in [-0.2, -0.15) is 0 Å². The number of hydrogen-bond donors (Lipinski definition) is 1. The molecule has 3 aromatic carbocycles. The fraction of sp³-hybridized carbons (Fsp3) is 0.182. The maximum Gasteiger partial charge on any atom is 0.229 e. The zero-order valence-electron chi connectivity index (χ0n) is 15.2. The lowest BCUT2D eigenvalue weighted by molar-refractivity contribution is -0.122. The number of rotatable bonds is 3. The molecule has 142 valence electrons. The summed E-state index contributed by atoms with van der Waals surface area (Å²) in [6, 6.07) is 17.4. The van der Waals surface area contributed by atoms with Gasteiger partial charge in [0.1, 0.15) is 0 Å². The molecule has 1 heterocycles. The fourth-order valence-electron chi connectivity index (χ4n) is 3.58. The molecule has 6 heteroatoms. The summed E-state index contributed by atoms with van der Waals surface area (Å²) in [7, 11) is 0. The van der Waals surface area contributed by atoms with E-state index in [-0.39, 0.29) is 18.2 Å². The highest BCUT2D eigenvalue weighted by Gasteiger charge is 2.35. The summed E-state index contributed by atoms with van der Waals surface area (Å²) in [5, 5.41) is 5.57. The van der Waals surface area contributed by atoms with E-state index in [0.29, 0.717) is 17.3 Å². The van der Waals surface area contributed by atoms with Gasteiger partial charge in [-0.3, -0.25) is 9.59 Å². The molecule has 1 aliphatic heterocycles. The monoisotopic (exact) mass is 456 g/mol. The molecule has 0 unspecified atom stereocenters. The number of fused-ring (bicyclic) bond motifs is 1. The maximum atomic E-state index is 12.8. The van der Waals surface area contributed by atoms with E-state index in [0.717, 1.165) is 26.5 Å². The molecule has 0 aliphatic carbocycles. The lowest BCUT2D eigenvalue weighted by Gasteiger charge is -2.19. The molecule has 0 radical (unpaired) electrons. The van der Waals surface area contributed by atoms with Gasteiger partial charge in [0.25, 0.3) is 0 Å². The van der Waals surface area contributed by atoms with Gasteiger partial charge in [0.05, 0.1) is 16.6 Å². The molecule has 0 aromatic heterocycles. The summed E-state index contributed by atoms with van der Waals surface area (Å²) in [5.41, 5.74) is 2.30. The number of benzene rings is 3. The van der Waals surface area contributed by atoms with Crippen molar-refractivity contribution in [2.75, 3.05) is 16.8 Å². The smallest absolute Gasteiger partial charge is 0.229 e. The summed E-state index contributed by atoms with van der Waals surface area (Å²) < 4.78 is 0.780. The van der Waals surface area contributed by atoms with Crippen molar-refractivity contribution in [2.24, 2.45) is 5.92 Å². The van der Waals surface area contributed by atoms with Crippen LogP contribution in [0.25, 0.3) is 10.8 Å². The SMILES string of the molecule is Cc1c(NC(=O)[C@H]2CC(=O)N(c3cccc4ccccc34)C2)ccc(Br)c1Cl. The quantitative estimate of drug-likeness (QED) is 0.560. The number of hydrogen-bond acceptors (Lipinski definition) is 2. The predicted octanol–water partition coefficient (Wildman–Crippen LogP) is 5.56. The topological polar surface area (TPSA) is 49.4 Å². The predicted molar refractivity (Wildman–Crippen MR) is 117 cm³/mol. The van der Waals surface area contributed by atoms with Crippen LogP contribution < -0.4 is 10.2 Å². The molecule has 1 aliphatic rings. The van der Waals surface area contributed by atoms with Gasteiger partial charge in [-0.15, -0.1) is 0 Å². The molecule has 4 rings (SSSR count). The Bertz CT molecular complexity index is 1090. The van der Waals surface area contributed by atoms with Gasteiger partial charge in [0.15, 0.2) is 0 Å². The highest BCUT2D eigenvalue weighted by molar-refractivity contribution is 9.10. The third-order valence-electron chi connectivity index (χ3n) is 5.15. The molecule has 1 atom stereocenters. The average molecular weight is 458 g/mol. The molecule has 3 aromatic rings. The van der Waals surface area contributed by atoms with Gasteiger partial charge in [0, 0.05) is 28.5 Å². The van der Waals surface area contributed by atoms with Crippen molar-refractivity contribution in [2.45, 2.75) is 13.3 Å². The number of nitrogens with one attached hydrogen (secondary N) is 1. The first kappa shape index (κ1) is 19.0. The molecule has 4 nitrogen and oxygen atoms in total. The summed E-state index contributed by atoms with van der Waals surface area (Å²) in [6.07, 6.45) is 0.193. The number of carbonyl (C=O) groups is 2. The Balaban J connectivity index is 1.56. The Morgan fingerprint density at radius 3 is 2.71 bits per heavy atom. The van der Waals surface area contributed by atoms with Crippen molar-refractivity contribution >= 4 is 61.5 Å². The number of anilines is 2. The third-order valence-corrected chi connectivity index (χ3v) is 6.53. The first-order valence-corrected chi connectivity index (χ1v) is 10.2. The Hall–Kier alpha value is -2.37. The average Bonchev–Trinajstić information content (AvgIpc) is 3.09. The van der Waals surface area contributed by atoms with E-state index in [9.17, 15) is 9.59 Å². The van der Waals surface area contributed by atoms with Crippen LogP contribution in [-0.4, -0.2) is 18.4 Å². The number of amides is 2. The van der Waals surface area contributed by atoms with Crippen LogP contribution in [0.4, 0.5) is 11.4 Å². The van der Waals surface area contributed by atoms with Gasteiger partial charge in [-0.25, -0.2) is 0 Å². The zero-order valence-corrected chi connectivity index (χ0v) is 17.5. The van der Waals surface area contributed by atoms with Crippen LogP contribution in [0.2, 0.25) is 5.02 Å². The lowest BCUT2D eigenvalue weighted by atomic mass is 10.1. The van der Waals surface area contributed by atoms with Gasteiger partial charge < -0.3 is 10.2 Å². The molecule has 0 spiro atoms. The normalized spacial score (nSPS) is 16.6. The molecule has 2 amide bonds. The highest BCUT2D eigenvalue weighted by Crippen LogP contribution is 2.34. The standard InChI is InChI=1S/C22H18BrClN2O2/c1-13-18(10-9-17(23)21(13)24)25-22(28)15-11-20(27)26(12-15)19-8-4-6-14-5-2-3-7-16(14)19/h2-10,15H,11-12H2,1H3,(H,25,28)/t15-/m0/s1. The van der Waals surface area contributed by atoms with Crippen molar-refractivity contribution in [1.82, 2.24) is 0 Å². The second-order valence-corrected chi connectivity index (χ2v) is 8.16. The second-order valence-electron chi connectivity index (χ2n) is 6.93. The van der Waals surface area contributed by atoms with Gasteiger partial charge in [-0.05, 0) is 52.0 Å². The third kappa shape index (κ3) is 3.40. The second kappa shape index (κ2) is 7.57. The van der Waals surface area contributed by atoms with Crippen LogP contribution in [0.3, 0.4) is 0 Å². The lowest BCUT2D eigenvalue weighted by Crippen LogP contribution is -2.28. The molecule has 0 bridgehead atoms. The van der Waals surface area contributed by atoms with Crippen molar-refractivity contribution in [3.05, 3.63) is 69.7 Å². The van der Waals surface area contributed by atoms with Crippen LogP contribution in [0.5, 0.6) is 0 Å². The minimum Gasteiger partial charge on any atom is -0.325 e. The Kier molecular flexibility index (Phi) is 5.13. The first-order valence-electron chi connectivity index (χ1n) is 8.99. The Labute approximate surface area is 176 Å². The van der Waals surface area contributed by atoms with Gasteiger partial charge in [-0.1, -0.05) is 48.0 Å². The van der Waals surface area contributed by atoms with Gasteiger partial charge >= 0.3 is 0 Å². The van der Waals surface area contributed by atoms with Crippen molar-refractivity contribution in [3.63, 3.8) is 0 Å². The maximum absolute atomic E-state index is 12.8. The van der Waals surface area contributed by atoms with Crippen LogP contribution in [0.15, 0.2) is 59.1 Å². The van der Waals surface area contributed by atoms with Crippen LogP contribution >= 0.6 is 27.5 Å². The molecule has 1 N–H and O–H groups in total. The van der Waals surface area contributed by atoms with Crippen molar-refractivity contribution in [1.29, 1.82) is 0 Å². The van der Waals surface area contributed by atoms with Crippen LogP contribution in [0.1, 0.15) is 12.0 Å². The van der Waals surface area contributed by atoms with Crippen LogP contribution in [-0.2, 0) is 9.59 Å². The van der Waals surface area contributed by atoms with Crippen molar-refractivity contribution in [3.8, 4) is 0 Å². The van der Waals surface area contributed by atoms with E-state index in [2.05, 4.69) is 21.2 Å². The van der Waals surface area contributed by atoms with Crippen molar-refractivity contribution < 1.29 is 9.59 Å².